The minimum absolute atomic E-state index is 0.0454. The number of amides is 2. The molecule has 0 aromatic heterocycles. The number of rotatable bonds is 9. The number of hydrogen-bond donors (Lipinski definition) is 1. The average molecular weight is 556 g/mol. The quantitative estimate of drug-likeness (QED) is 0.394. The van der Waals surface area contributed by atoms with Crippen molar-refractivity contribution in [3.05, 3.63) is 95.0 Å². The molecular formula is C29H34ClN3O4S. The Kier molecular flexibility index (Phi) is 9.22. The zero-order valence-corrected chi connectivity index (χ0v) is 23.9. The van der Waals surface area contributed by atoms with Crippen LogP contribution in [0.15, 0.2) is 83.8 Å². The van der Waals surface area contributed by atoms with E-state index in [0.717, 1.165) is 15.4 Å². The maximum absolute atomic E-state index is 13.9. The lowest BCUT2D eigenvalue weighted by atomic mass is 10.1. The number of nitrogens with one attached hydrogen (secondary N) is 1. The van der Waals surface area contributed by atoms with Crippen LogP contribution in [0, 0.1) is 6.92 Å². The number of benzene rings is 3. The molecule has 0 heterocycles. The second kappa shape index (κ2) is 12.0. The summed E-state index contributed by atoms with van der Waals surface area (Å²) in [5.41, 5.74) is 1.46. The number of carbonyl (C=O) groups is 2. The summed E-state index contributed by atoms with van der Waals surface area (Å²) in [7, 11) is -4.14. The van der Waals surface area contributed by atoms with Gasteiger partial charge in [-0.1, -0.05) is 65.7 Å². The Bertz CT molecular complexity index is 1370. The largest absolute Gasteiger partial charge is 0.350 e. The van der Waals surface area contributed by atoms with E-state index in [0.29, 0.717) is 5.02 Å². The van der Waals surface area contributed by atoms with E-state index in [1.54, 1.807) is 37.3 Å². The van der Waals surface area contributed by atoms with Crippen LogP contribution in [0.25, 0.3) is 0 Å². The van der Waals surface area contributed by atoms with Crippen LogP contribution in [0.5, 0.6) is 0 Å². The van der Waals surface area contributed by atoms with E-state index in [1.807, 2.05) is 58.0 Å². The zero-order valence-electron chi connectivity index (χ0n) is 22.3. The van der Waals surface area contributed by atoms with E-state index in [-0.39, 0.29) is 23.0 Å². The second-order valence-corrected chi connectivity index (χ2v) is 12.5. The van der Waals surface area contributed by atoms with Crippen molar-refractivity contribution in [2.45, 2.75) is 57.6 Å². The van der Waals surface area contributed by atoms with Gasteiger partial charge >= 0.3 is 0 Å². The SMILES string of the molecule is Cc1ccc(S(=O)(=O)N(CC(=O)N(Cc2ccccc2)[C@@H](C)C(=O)NC(C)(C)C)c2cccc(Cl)c2)cc1. The molecule has 0 saturated carbocycles. The molecule has 0 aliphatic heterocycles. The molecule has 0 unspecified atom stereocenters. The zero-order chi connectivity index (χ0) is 28.1. The average Bonchev–Trinajstić information content (AvgIpc) is 2.85. The Morgan fingerprint density at radius 1 is 0.947 bits per heavy atom. The van der Waals surface area contributed by atoms with Crippen molar-refractivity contribution in [3.8, 4) is 0 Å². The highest BCUT2D eigenvalue weighted by Crippen LogP contribution is 2.27. The fourth-order valence-electron chi connectivity index (χ4n) is 3.83. The maximum Gasteiger partial charge on any atom is 0.264 e. The highest BCUT2D eigenvalue weighted by molar-refractivity contribution is 7.92. The van der Waals surface area contributed by atoms with Crippen LogP contribution >= 0.6 is 11.6 Å². The molecule has 0 saturated heterocycles. The summed E-state index contributed by atoms with van der Waals surface area (Å²) >= 11 is 6.20. The molecule has 1 N–H and O–H groups in total. The van der Waals surface area contributed by atoms with Crippen molar-refractivity contribution < 1.29 is 18.0 Å². The number of anilines is 1. The lowest BCUT2D eigenvalue weighted by Crippen LogP contribution is -2.54. The van der Waals surface area contributed by atoms with Gasteiger partial charge < -0.3 is 10.2 Å². The Morgan fingerprint density at radius 3 is 2.16 bits per heavy atom. The van der Waals surface area contributed by atoms with Gasteiger partial charge in [0.2, 0.25) is 11.8 Å². The van der Waals surface area contributed by atoms with Crippen LogP contribution in [0.1, 0.15) is 38.8 Å². The van der Waals surface area contributed by atoms with Crippen LogP contribution in [0.2, 0.25) is 5.02 Å². The molecule has 7 nitrogen and oxygen atoms in total. The smallest absolute Gasteiger partial charge is 0.264 e. The third-order valence-corrected chi connectivity index (χ3v) is 7.87. The molecule has 0 radical (unpaired) electrons. The molecule has 0 fully saturated rings. The van der Waals surface area contributed by atoms with Gasteiger partial charge in [-0.05, 0) is 70.5 Å². The third kappa shape index (κ3) is 7.58. The minimum Gasteiger partial charge on any atom is -0.350 e. The summed E-state index contributed by atoms with van der Waals surface area (Å²) in [6.07, 6.45) is 0. The normalized spacial score (nSPS) is 12.5. The van der Waals surface area contributed by atoms with Gasteiger partial charge in [0.1, 0.15) is 12.6 Å². The Hall–Kier alpha value is -3.36. The first-order chi connectivity index (χ1) is 17.8. The third-order valence-electron chi connectivity index (χ3n) is 5.85. The second-order valence-electron chi connectivity index (χ2n) is 10.2. The van der Waals surface area contributed by atoms with Crippen molar-refractivity contribution in [1.82, 2.24) is 10.2 Å². The standard InChI is InChI=1S/C29H34ClN3O4S/c1-21-14-16-26(17-15-21)38(36,37)33(25-13-9-12-24(30)18-25)20-27(34)32(19-23-10-7-6-8-11-23)22(2)28(35)31-29(3,4)5/h6-18,22H,19-20H2,1-5H3,(H,31,35)/t22-/m0/s1. The van der Waals surface area contributed by atoms with Crippen LogP contribution in [0.4, 0.5) is 5.69 Å². The fraction of sp³-hybridized carbons (Fsp3) is 0.310. The molecule has 3 aromatic carbocycles. The first-order valence-corrected chi connectivity index (χ1v) is 14.1. The van der Waals surface area contributed by atoms with E-state index in [2.05, 4.69) is 5.32 Å². The molecule has 0 aliphatic carbocycles. The maximum atomic E-state index is 13.9. The van der Waals surface area contributed by atoms with E-state index in [1.165, 1.54) is 23.1 Å². The molecule has 3 aromatic rings. The molecular weight excluding hydrogens is 522 g/mol. The van der Waals surface area contributed by atoms with E-state index < -0.39 is 34.1 Å². The molecule has 2 amide bonds. The molecule has 0 aliphatic rings. The van der Waals surface area contributed by atoms with Crippen molar-refractivity contribution in [2.75, 3.05) is 10.8 Å². The molecule has 0 spiro atoms. The lowest BCUT2D eigenvalue weighted by molar-refractivity contribution is -0.140. The highest BCUT2D eigenvalue weighted by Gasteiger charge is 2.33. The van der Waals surface area contributed by atoms with Crippen LogP contribution in [-0.4, -0.2) is 43.3 Å². The summed E-state index contributed by atoms with van der Waals surface area (Å²) in [6.45, 7) is 8.69. The first kappa shape index (κ1) is 29.2. The van der Waals surface area contributed by atoms with Gasteiger partial charge in [0, 0.05) is 17.1 Å². The molecule has 202 valence electrons. The van der Waals surface area contributed by atoms with Crippen molar-refractivity contribution in [1.29, 1.82) is 0 Å². The van der Waals surface area contributed by atoms with E-state index >= 15 is 0 Å². The Morgan fingerprint density at radius 2 is 1.58 bits per heavy atom. The number of hydrogen-bond acceptors (Lipinski definition) is 4. The Balaban J connectivity index is 2.03. The van der Waals surface area contributed by atoms with Crippen molar-refractivity contribution >= 4 is 39.1 Å². The predicted molar refractivity (Wildman–Crippen MR) is 152 cm³/mol. The van der Waals surface area contributed by atoms with Gasteiger partial charge in [-0.25, -0.2) is 8.42 Å². The number of nitrogens with zero attached hydrogens (tertiary/aromatic N) is 2. The number of aryl methyl sites for hydroxylation is 1. The molecule has 3 rings (SSSR count). The van der Waals surface area contributed by atoms with Gasteiger partial charge in [-0.3, -0.25) is 13.9 Å². The van der Waals surface area contributed by atoms with Gasteiger partial charge in [-0.2, -0.15) is 0 Å². The van der Waals surface area contributed by atoms with Crippen LogP contribution in [0.3, 0.4) is 0 Å². The minimum atomic E-state index is -4.14. The fourth-order valence-corrected chi connectivity index (χ4v) is 5.42. The summed E-state index contributed by atoms with van der Waals surface area (Å²) in [5, 5.41) is 3.24. The van der Waals surface area contributed by atoms with E-state index in [9.17, 15) is 18.0 Å². The topological polar surface area (TPSA) is 86.8 Å². The summed E-state index contributed by atoms with van der Waals surface area (Å²) < 4.78 is 28.6. The highest BCUT2D eigenvalue weighted by atomic mass is 35.5. The number of halogens is 1. The van der Waals surface area contributed by atoms with Crippen LogP contribution < -0.4 is 9.62 Å². The monoisotopic (exact) mass is 555 g/mol. The summed E-state index contributed by atoms with van der Waals surface area (Å²) in [6, 6.07) is 21.2. The van der Waals surface area contributed by atoms with Crippen molar-refractivity contribution in [2.24, 2.45) is 0 Å². The molecule has 1 atom stereocenters. The summed E-state index contributed by atoms with van der Waals surface area (Å²) in [5.74, 6) is -0.862. The van der Waals surface area contributed by atoms with Crippen LogP contribution in [-0.2, 0) is 26.2 Å². The van der Waals surface area contributed by atoms with Gasteiger partial charge in [-0.15, -0.1) is 0 Å². The molecule has 0 bridgehead atoms. The first-order valence-electron chi connectivity index (χ1n) is 12.3. The predicted octanol–water partition coefficient (Wildman–Crippen LogP) is 5.18. The van der Waals surface area contributed by atoms with Crippen molar-refractivity contribution in [3.63, 3.8) is 0 Å². The Labute approximate surface area is 230 Å². The van der Waals surface area contributed by atoms with Gasteiger partial charge in [0.05, 0.1) is 10.6 Å². The van der Waals surface area contributed by atoms with E-state index in [4.69, 9.17) is 11.6 Å². The number of sulfonamides is 1. The summed E-state index contributed by atoms with van der Waals surface area (Å²) in [4.78, 5) is 28.4. The molecule has 9 heteroatoms. The molecule has 38 heavy (non-hydrogen) atoms. The lowest BCUT2D eigenvalue weighted by Gasteiger charge is -2.33. The van der Waals surface area contributed by atoms with Gasteiger partial charge in [0.25, 0.3) is 10.0 Å². The number of carbonyl (C=O) groups excluding carboxylic acids is 2. The van der Waals surface area contributed by atoms with Gasteiger partial charge in [0.15, 0.2) is 0 Å².